The molecule has 0 aliphatic rings. The molecule has 0 spiro atoms. The van der Waals surface area contributed by atoms with Crippen LogP contribution in [0.5, 0.6) is 0 Å². The highest BCUT2D eigenvalue weighted by Gasteiger charge is 2.24. The van der Waals surface area contributed by atoms with Crippen LogP contribution in [0.1, 0.15) is 39.9 Å². The van der Waals surface area contributed by atoms with E-state index in [2.05, 4.69) is 12.6 Å². The van der Waals surface area contributed by atoms with Crippen LogP contribution in [0, 0.1) is 0 Å². The van der Waals surface area contributed by atoms with Crippen molar-refractivity contribution in [2.45, 2.75) is 25.9 Å². The first kappa shape index (κ1) is 17.4. The third-order valence-corrected chi connectivity index (χ3v) is 4.94. The maximum atomic E-state index is 12.4. The Morgan fingerprint density at radius 2 is 1.70 bits per heavy atom. The van der Waals surface area contributed by atoms with Gasteiger partial charge in [-0.3, -0.25) is 14.4 Å². The lowest BCUT2D eigenvalue weighted by atomic mass is 10.1. The first-order chi connectivity index (χ1) is 10.9. The van der Waals surface area contributed by atoms with Crippen molar-refractivity contribution in [1.29, 1.82) is 0 Å². The molecule has 0 saturated heterocycles. The summed E-state index contributed by atoms with van der Waals surface area (Å²) in [5.74, 6) is -1.14. The summed E-state index contributed by atoms with van der Waals surface area (Å²) in [4.78, 5) is 36.7. The molecule has 0 N–H and O–H groups in total. The van der Waals surface area contributed by atoms with E-state index < -0.39 is 23.1 Å². The van der Waals surface area contributed by atoms with E-state index in [4.69, 9.17) is 4.74 Å². The minimum atomic E-state index is -0.890. The first-order valence-corrected chi connectivity index (χ1v) is 8.29. The highest BCUT2D eigenvalue weighted by atomic mass is 32.1. The van der Waals surface area contributed by atoms with Crippen LogP contribution in [0.2, 0.25) is 0 Å². The van der Waals surface area contributed by atoms with E-state index in [0.29, 0.717) is 15.3 Å². The van der Waals surface area contributed by atoms with E-state index in [1.807, 2.05) is 6.07 Å². The second-order valence-electron chi connectivity index (χ2n) is 5.04. The molecule has 0 amide bonds. The molecule has 0 aliphatic carbocycles. The molecule has 2 aromatic rings. The van der Waals surface area contributed by atoms with Gasteiger partial charge in [-0.1, -0.05) is 30.3 Å². The lowest BCUT2D eigenvalue weighted by Crippen LogP contribution is -2.23. The average molecular weight is 348 g/mol. The van der Waals surface area contributed by atoms with Gasteiger partial charge >= 0.3 is 5.97 Å². The van der Waals surface area contributed by atoms with Crippen molar-refractivity contribution in [2.24, 2.45) is 0 Å². The number of esters is 1. The van der Waals surface area contributed by atoms with E-state index in [0.717, 1.165) is 0 Å². The SMILES string of the molecule is C[C@H](OC(=O)[C@@H](C)c1ccc(C(=O)c2ccccc2)s1)C(=O)S. The number of hydrogen-bond donors (Lipinski definition) is 1. The Morgan fingerprint density at radius 1 is 1.04 bits per heavy atom. The molecule has 0 fully saturated rings. The number of carbonyl (C=O) groups is 3. The molecule has 0 bridgehead atoms. The number of hydrogen-bond acceptors (Lipinski definition) is 5. The first-order valence-electron chi connectivity index (χ1n) is 7.03. The number of carbonyl (C=O) groups excluding carboxylic acids is 3. The second-order valence-corrected chi connectivity index (χ2v) is 6.59. The summed E-state index contributed by atoms with van der Waals surface area (Å²) >= 11 is 4.89. The van der Waals surface area contributed by atoms with Crippen LogP contribution in [0.25, 0.3) is 0 Å². The number of rotatable bonds is 6. The fourth-order valence-electron chi connectivity index (χ4n) is 1.88. The summed E-state index contributed by atoms with van der Waals surface area (Å²) in [6.45, 7) is 3.15. The highest BCUT2D eigenvalue weighted by molar-refractivity contribution is 7.96. The fourth-order valence-corrected chi connectivity index (χ4v) is 2.94. The van der Waals surface area contributed by atoms with Gasteiger partial charge in [-0.25, -0.2) is 0 Å². The average Bonchev–Trinajstić information content (AvgIpc) is 3.03. The molecule has 0 aliphatic heterocycles. The molecule has 1 aromatic heterocycles. The molecule has 0 radical (unpaired) electrons. The minimum Gasteiger partial charge on any atom is -0.453 e. The monoisotopic (exact) mass is 348 g/mol. The molecule has 4 nitrogen and oxygen atoms in total. The molecular weight excluding hydrogens is 332 g/mol. The van der Waals surface area contributed by atoms with Crippen molar-refractivity contribution >= 4 is 40.8 Å². The van der Waals surface area contributed by atoms with Gasteiger partial charge in [0.1, 0.15) is 0 Å². The minimum absolute atomic E-state index is 0.0821. The Morgan fingerprint density at radius 3 is 2.30 bits per heavy atom. The fraction of sp³-hybridized carbons (Fsp3) is 0.235. The normalized spacial score (nSPS) is 13.2. The molecule has 23 heavy (non-hydrogen) atoms. The van der Waals surface area contributed by atoms with Crippen molar-refractivity contribution in [3.63, 3.8) is 0 Å². The molecular formula is C17H16O4S2. The van der Waals surface area contributed by atoms with Crippen LogP contribution in [0.15, 0.2) is 42.5 Å². The number of thiol groups is 1. The van der Waals surface area contributed by atoms with Gasteiger partial charge in [0.05, 0.1) is 10.8 Å². The van der Waals surface area contributed by atoms with Crippen LogP contribution in [0.4, 0.5) is 0 Å². The third-order valence-electron chi connectivity index (χ3n) is 3.31. The van der Waals surface area contributed by atoms with Crippen LogP contribution in [0.3, 0.4) is 0 Å². The lowest BCUT2D eigenvalue weighted by molar-refractivity contribution is -0.152. The Kier molecular flexibility index (Phi) is 5.74. The van der Waals surface area contributed by atoms with Gasteiger partial charge < -0.3 is 4.74 Å². The van der Waals surface area contributed by atoms with Crippen molar-refractivity contribution in [1.82, 2.24) is 0 Å². The number of thiophene rings is 1. The molecule has 0 unspecified atom stereocenters. The van der Waals surface area contributed by atoms with Gasteiger partial charge in [-0.2, -0.15) is 0 Å². The topological polar surface area (TPSA) is 60.4 Å². The largest absolute Gasteiger partial charge is 0.453 e. The zero-order chi connectivity index (χ0) is 17.0. The van der Waals surface area contributed by atoms with Crippen molar-refractivity contribution in [2.75, 3.05) is 0 Å². The predicted molar refractivity (Wildman–Crippen MR) is 92.2 cm³/mol. The van der Waals surface area contributed by atoms with Crippen LogP contribution in [-0.4, -0.2) is 23.0 Å². The predicted octanol–water partition coefficient (Wildman–Crippen LogP) is 3.47. The summed E-state index contributed by atoms with van der Waals surface area (Å²) < 4.78 is 5.04. The standard InChI is InChI=1S/C17H16O4S2/c1-10(16(19)21-11(2)17(20)22)13-8-9-14(23-13)15(18)12-6-4-3-5-7-12/h3-11H,1-2H3,(H,20,22)/t10-,11-/m0/s1. The molecule has 2 rings (SSSR count). The van der Waals surface area contributed by atoms with Gasteiger partial charge in [0, 0.05) is 10.4 Å². The smallest absolute Gasteiger partial charge is 0.314 e. The Hall–Kier alpha value is -1.92. The van der Waals surface area contributed by atoms with Gasteiger partial charge in [-0.15, -0.1) is 24.0 Å². The number of ether oxygens (including phenoxy) is 1. The highest BCUT2D eigenvalue weighted by Crippen LogP contribution is 2.27. The van der Waals surface area contributed by atoms with E-state index in [1.54, 1.807) is 43.3 Å². The van der Waals surface area contributed by atoms with Gasteiger partial charge in [0.2, 0.25) is 10.9 Å². The Balaban J connectivity index is 2.11. The molecule has 120 valence electrons. The number of ketones is 1. The lowest BCUT2D eigenvalue weighted by Gasteiger charge is -2.13. The van der Waals surface area contributed by atoms with Gasteiger partial charge in [0.15, 0.2) is 6.10 Å². The summed E-state index contributed by atoms with van der Waals surface area (Å²) in [7, 11) is 0. The molecule has 1 aromatic carbocycles. The van der Waals surface area contributed by atoms with Gasteiger partial charge in [0.25, 0.3) is 0 Å². The number of benzene rings is 1. The van der Waals surface area contributed by atoms with E-state index >= 15 is 0 Å². The Labute approximate surface area is 143 Å². The van der Waals surface area contributed by atoms with Crippen LogP contribution < -0.4 is 0 Å². The van der Waals surface area contributed by atoms with Crippen LogP contribution in [-0.2, 0) is 14.3 Å². The summed E-state index contributed by atoms with van der Waals surface area (Å²) in [5.41, 5.74) is 0.602. The quantitative estimate of drug-likeness (QED) is 0.493. The summed E-state index contributed by atoms with van der Waals surface area (Å²) in [5, 5.41) is -0.503. The molecule has 1 heterocycles. The molecule has 2 atom stereocenters. The zero-order valence-corrected chi connectivity index (χ0v) is 14.4. The Bertz CT molecular complexity index is 721. The van der Waals surface area contributed by atoms with E-state index in [-0.39, 0.29) is 5.78 Å². The van der Waals surface area contributed by atoms with Crippen molar-refractivity contribution < 1.29 is 19.1 Å². The van der Waals surface area contributed by atoms with E-state index in [1.165, 1.54) is 18.3 Å². The zero-order valence-electron chi connectivity index (χ0n) is 12.7. The summed E-state index contributed by atoms with van der Waals surface area (Å²) in [6, 6.07) is 12.4. The molecule has 0 saturated carbocycles. The van der Waals surface area contributed by atoms with Crippen molar-refractivity contribution in [3.8, 4) is 0 Å². The van der Waals surface area contributed by atoms with Crippen LogP contribution >= 0.6 is 24.0 Å². The second kappa shape index (κ2) is 7.57. The maximum Gasteiger partial charge on any atom is 0.314 e. The van der Waals surface area contributed by atoms with Gasteiger partial charge in [-0.05, 0) is 26.0 Å². The summed E-state index contributed by atoms with van der Waals surface area (Å²) in [6.07, 6.45) is -0.890. The van der Waals surface area contributed by atoms with E-state index in [9.17, 15) is 14.4 Å². The third kappa shape index (κ3) is 4.30. The van der Waals surface area contributed by atoms with Crippen molar-refractivity contribution in [3.05, 3.63) is 57.8 Å². The molecule has 6 heteroatoms. The maximum absolute atomic E-state index is 12.4.